The van der Waals surface area contributed by atoms with E-state index in [-0.39, 0.29) is 11.5 Å². The topological polar surface area (TPSA) is 82.5 Å². The van der Waals surface area contributed by atoms with Gasteiger partial charge in [0, 0.05) is 24.7 Å². The molecule has 1 aromatic heterocycles. The number of rotatable bonds is 3. The molecule has 136 valence electrons. The summed E-state index contributed by atoms with van der Waals surface area (Å²) in [6.07, 6.45) is 1.70. The second-order valence-corrected chi connectivity index (χ2v) is 6.54. The van der Waals surface area contributed by atoms with Gasteiger partial charge in [-0.1, -0.05) is 24.3 Å². The Morgan fingerprint density at radius 2 is 1.96 bits per heavy atom. The first-order valence-corrected chi connectivity index (χ1v) is 8.84. The number of nitrogens with zero attached hydrogens (tertiary/aromatic N) is 2. The van der Waals surface area contributed by atoms with E-state index in [1.54, 1.807) is 25.2 Å². The molecule has 2 aromatic carbocycles. The van der Waals surface area contributed by atoms with Gasteiger partial charge in [-0.3, -0.25) is 4.79 Å². The number of pyridine rings is 1. The fourth-order valence-corrected chi connectivity index (χ4v) is 3.58. The van der Waals surface area contributed by atoms with Crippen LogP contribution in [0.2, 0.25) is 0 Å². The van der Waals surface area contributed by atoms with Crippen LogP contribution in [-0.2, 0) is 6.42 Å². The molecule has 0 radical (unpaired) electrons. The van der Waals surface area contributed by atoms with Crippen LogP contribution in [0, 0.1) is 0 Å². The minimum Gasteiger partial charge on any atom is -0.478 e. The highest BCUT2D eigenvalue weighted by Crippen LogP contribution is 2.36. The van der Waals surface area contributed by atoms with Crippen molar-refractivity contribution in [1.82, 2.24) is 10.3 Å². The normalized spacial score (nSPS) is 13.3. The van der Waals surface area contributed by atoms with Gasteiger partial charge in [-0.25, -0.2) is 9.78 Å². The second kappa shape index (κ2) is 6.72. The largest absolute Gasteiger partial charge is 0.478 e. The highest BCUT2D eigenvalue weighted by Gasteiger charge is 2.23. The zero-order valence-electron chi connectivity index (χ0n) is 14.9. The number of aryl methyl sites for hydroxylation is 1. The highest BCUT2D eigenvalue weighted by molar-refractivity contribution is 6.01. The lowest BCUT2D eigenvalue weighted by molar-refractivity contribution is 0.0696. The fraction of sp³-hybridized carbons (Fsp3) is 0.190. The molecule has 0 aliphatic carbocycles. The van der Waals surface area contributed by atoms with Gasteiger partial charge < -0.3 is 15.3 Å². The highest BCUT2D eigenvalue weighted by atomic mass is 16.4. The van der Waals surface area contributed by atoms with E-state index >= 15 is 0 Å². The van der Waals surface area contributed by atoms with Crippen molar-refractivity contribution < 1.29 is 14.7 Å². The fourth-order valence-electron chi connectivity index (χ4n) is 3.58. The Morgan fingerprint density at radius 3 is 2.74 bits per heavy atom. The van der Waals surface area contributed by atoms with Crippen LogP contribution in [0.1, 0.15) is 32.8 Å². The number of aromatic carboxylic acids is 1. The summed E-state index contributed by atoms with van der Waals surface area (Å²) < 4.78 is 0. The second-order valence-electron chi connectivity index (χ2n) is 6.54. The van der Waals surface area contributed by atoms with Crippen molar-refractivity contribution in [3.8, 4) is 0 Å². The Hall–Kier alpha value is -3.41. The number of benzene rings is 2. The van der Waals surface area contributed by atoms with Crippen LogP contribution in [-0.4, -0.2) is 35.6 Å². The van der Waals surface area contributed by atoms with Gasteiger partial charge in [-0.15, -0.1) is 0 Å². The molecule has 0 saturated heterocycles. The number of fused-ring (bicyclic) bond motifs is 2. The number of carbonyl (C=O) groups is 2. The summed E-state index contributed by atoms with van der Waals surface area (Å²) in [6, 6.07) is 14.8. The first-order chi connectivity index (χ1) is 13.1. The van der Waals surface area contributed by atoms with E-state index in [2.05, 4.69) is 15.2 Å². The number of carboxylic acids is 1. The smallest absolute Gasteiger partial charge is 0.335 e. The molecule has 1 aliphatic heterocycles. The van der Waals surface area contributed by atoms with E-state index in [0.717, 1.165) is 47.2 Å². The summed E-state index contributed by atoms with van der Waals surface area (Å²) >= 11 is 0. The molecule has 2 N–H and O–H groups in total. The molecule has 6 heteroatoms. The van der Waals surface area contributed by atoms with Gasteiger partial charge in [0.05, 0.1) is 5.56 Å². The van der Waals surface area contributed by atoms with E-state index in [4.69, 9.17) is 0 Å². The Bertz CT molecular complexity index is 1060. The van der Waals surface area contributed by atoms with Crippen LogP contribution in [0.5, 0.6) is 0 Å². The summed E-state index contributed by atoms with van der Waals surface area (Å²) in [6.45, 7) is 0.758. The third-order valence-corrected chi connectivity index (χ3v) is 4.88. The van der Waals surface area contributed by atoms with Gasteiger partial charge in [0.1, 0.15) is 11.5 Å². The zero-order chi connectivity index (χ0) is 19.0. The maximum atomic E-state index is 12.2. The van der Waals surface area contributed by atoms with Crippen LogP contribution in [0.4, 0.5) is 11.5 Å². The predicted molar refractivity (Wildman–Crippen MR) is 104 cm³/mol. The summed E-state index contributed by atoms with van der Waals surface area (Å²) in [4.78, 5) is 30.2. The number of aromatic nitrogens is 1. The van der Waals surface area contributed by atoms with Gasteiger partial charge in [-0.2, -0.15) is 0 Å². The van der Waals surface area contributed by atoms with Gasteiger partial charge >= 0.3 is 5.97 Å². The lowest BCUT2D eigenvalue weighted by Gasteiger charge is -2.31. The van der Waals surface area contributed by atoms with Crippen molar-refractivity contribution in [3.05, 3.63) is 65.4 Å². The first kappa shape index (κ1) is 17.0. The first-order valence-electron chi connectivity index (χ1n) is 8.84. The molecule has 1 aliphatic rings. The number of carboxylic acid groups (broad SMARTS) is 1. The minimum atomic E-state index is -0.930. The number of anilines is 2. The number of amides is 1. The lowest BCUT2D eigenvalue weighted by atomic mass is 9.98. The third kappa shape index (κ3) is 2.99. The molecule has 3 aromatic rings. The van der Waals surface area contributed by atoms with Crippen LogP contribution < -0.4 is 10.2 Å². The molecule has 4 rings (SSSR count). The summed E-state index contributed by atoms with van der Waals surface area (Å²) in [5, 5.41) is 13.8. The minimum absolute atomic E-state index is 0.236. The SMILES string of the molecule is CNC(=O)c1cc2ccccc2c(N2CCCc3cc(C(=O)O)ccc32)n1. The Balaban J connectivity index is 1.90. The molecule has 6 nitrogen and oxygen atoms in total. The number of nitrogens with one attached hydrogen (secondary N) is 1. The maximum absolute atomic E-state index is 12.2. The quantitative estimate of drug-likeness (QED) is 0.747. The van der Waals surface area contributed by atoms with Crippen LogP contribution in [0.15, 0.2) is 48.5 Å². The standard InChI is InChI=1S/C21H19N3O3/c1-22-20(25)17-12-13-5-2-3-7-16(13)19(23-17)24-10-4-6-14-11-15(21(26)27)8-9-18(14)24/h2-3,5,7-9,11-12H,4,6,10H2,1H3,(H,22,25)(H,26,27). The van der Waals surface area contributed by atoms with Crippen molar-refractivity contribution in [2.24, 2.45) is 0 Å². The van der Waals surface area contributed by atoms with E-state index in [1.807, 2.05) is 30.3 Å². The lowest BCUT2D eigenvalue weighted by Crippen LogP contribution is -2.27. The van der Waals surface area contributed by atoms with Crippen LogP contribution in [0.25, 0.3) is 10.8 Å². The Morgan fingerprint density at radius 1 is 1.15 bits per heavy atom. The molecule has 0 bridgehead atoms. The average molecular weight is 361 g/mol. The average Bonchev–Trinajstić information content (AvgIpc) is 2.71. The van der Waals surface area contributed by atoms with Gasteiger partial charge in [0.15, 0.2) is 0 Å². The van der Waals surface area contributed by atoms with Crippen molar-refractivity contribution in [2.75, 3.05) is 18.5 Å². The van der Waals surface area contributed by atoms with Crippen molar-refractivity contribution in [2.45, 2.75) is 12.8 Å². The molecular weight excluding hydrogens is 342 g/mol. The van der Waals surface area contributed by atoms with Crippen molar-refractivity contribution in [3.63, 3.8) is 0 Å². The molecule has 0 fully saturated rings. The van der Waals surface area contributed by atoms with E-state index in [9.17, 15) is 14.7 Å². The molecule has 0 saturated carbocycles. The molecular formula is C21H19N3O3. The molecule has 0 atom stereocenters. The molecule has 0 spiro atoms. The van der Waals surface area contributed by atoms with Crippen molar-refractivity contribution >= 4 is 34.2 Å². The number of hydrogen-bond acceptors (Lipinski definition) is 4. The Kier molecular flexibility index (Phi) is 4.24. The maximum Gasteiger partial charge on any atom is 0.335 e. The van der Waals surface area contributed by atoms with E-state index < -0.39 is 5.97 Å². The number of carbonyl (C=O) groups excluding carboxylic acids is 1. The van der Waals surface area contributed by atoms with Crippen LogP contribution >= 0.6 is 0 Å². The number of hydrogen-bond donors (Lipinski definition) is 2. The van der Waals surface area contributed by atoms with E-state index in [0.29, 0.717) is 5.69 Å². The van der Waals surface area contributed by atoms with Gasteiger partial charge in [0.2, 0.25) is 0 Å². The zero-order valence-corrected chi connectivity index (χ0v) is 14.9. The van der Waals surface area contributed by atoms with Gasteiger partial charge in [-0.05, 0) is 48.1 Å². The molecule has 0 unspecified atom stereocenters. The third-order valence-electron chi connectivity index (χ3n) is 4.88. The monoisotopic (exact) mass is 361 g/mol. The Labute approximate surface area is 156 Å². The summed E-state index contributed by atoms with van der Waals surface area (Å²) in [5.41, 5.74) is 2.57. The molecule has 1 amide bonds. The van der Waals surface area contributed by atoms with Gasteiger partial charge in [0.25, 0.3) is 5.91 Å². The van der Waals surface area contributed by atoms with Crippen molar-refractivity contribution in [1.29, 1.82) is 0 Å². The summed E-state index contributed by atoms with van der Waals surface area (Å²) in [5.74, 6) is -0.448. The van der Waals surface area contributed by atoms with E-state index in [1.165, 1.54) is 0 Å². The predicted octanol–water partition coefficient (Wildman–Crippen LogP) is 3.38. The molecule has 27 heavy (non-hydrogen) atoms. The molecule has 2 heterocycles. The van der Waals surface area contributed by atoms with Crippen LogP contribution in [0.3, 0.4) is 0 Å². The summed E-state index contributed by atoms with van der Waals surface area (Å²) in [7, 11) is 1.59.